The minimum Gasteiger partial charge on any atom is -0.464 e. The van der Waals surface area contributed by atoms with E-state index < -0.39 is 9.84 Å². The lowest BCUT2D eigenvalue weighted by Gasteiger charge is -2.22. The van der Waals surface area contributed by atoms with Crippen molar-refractivity contribution in [3.05, 3.63) is 54.0 Å². The van der Waals surface area contributed by atoms with E-state index in [1.807, 2.05) is 45.9 Å². The Balaban J connectivity index is 0.00000392. The van der Waals surface area contributed by atoms with Crippen molar-refractivity contribution < 1.29 is 12.8 Å². The number of aliphatic imine (C=N–C) groups is 1. The third kappa shape index (κ3) is 7.12. The molecular weight excluding hydrogens is 489 g/mol. The lowest BCUT2D eigenvalue weighted by atomic mass is 10.2. The van der Waals surface area contributed by atoms with E-state index in [-0.39, 0.29) is 41.8 Å². The van der Waals surface area contributed by atoms with Crippen LogP contribution in [0.2, 0.25) is 0 Å². The molecule has 1 aromatic heterocycles. The van der Waals surface area contributed by atoms with E-state index in [1.54, 1.807) is 24.3 Å². The molecule has 0 fully saturated rings. The van der Waals surface area contributed by atoms with Crippen LogP contribution in [0.25, 0.3) is 0 Å². The number of benzene rings is 1. The molecule has 2 aromatic rings. The monoisotopic (exact) mass is 519 g/mol. The number of nitrogens with one attached hydrogen (secondary N) is 2. The summed E-state index contributed by atoms with van der Waals surface area (Å²) in [4.78, 5) is 4.78. The number of hydrogen-bond acceptors (Lipinski definition) is 4. The molecule has 0 spiro atoms. The molecule has 0 aliphatic rings. The van der Waals surface area contributed by atoms with Crippen molar-refractivity contribution in [3.8, 4) is 0 Å². The van der Waals surface area contributed by atoms with E-state index in [0.29, 0.717) is 23.8 Å². The molecule has 2 unspecified atom stereocenters. The zero-order chi connectivity index (χ0) is 19.9. The third-order valence-corrected chi connectivity index (χ3v) is 6.05. The van der Waals surface area contributed by atoms with E-state index in [1.165, 1.54) is 0 Å². The van der Waals surface area contributed by atoms with E-state index in [4.69, 9.17) is 4.42 Å². The largest absolute Gasteiger partial charge is 0.464 e. The average Bonchev–Trinajstić information content (AvgIpc) is 3.08. The van der Waals surface area contributed by atoms with Gasteiger partial charge in [-0.2, -0.15) is 0 Å². The Kier molecular flexibility index (Phi) is 10.0. The first-order valence-corrected chi connectivity index (χ1v) is 10.9. The maximum absolute atomic E-state index is 12.7. The summed E-state index contributed by atoms with van der Waals surface area (Å²) in [6.07, 6.45) is 0.657. The van der Waals surface area contributed by atoms with Gasteiger partial charge < -0.3 is 15.1 Å². The molecule has 0 radical (unpaired) electrons. The van der Waals surface area contributed by atoms with Crippen LogP contribution >= 0.6 is 24.0 Å². The van der Waals surface area contributed by atoms with Gasteiger partial charge in [-0.25, -0.2) is 8.42 Å². The fourth-order valence-corrected chi connectivity index (χ4v) is 4.31. The van der Waals surface area contributed by atoms with Gasteiger partial charge in [-0.1, -0.05) is 25.1 Å². The maximum Gasteiger partial charge on any atom is 0.192 e. The molecule has 0 aliphatic heterocycles. The van der Waals surface area contributed by atoms with Crippen LogP contribution in [0, 0.1) is 6.92 Å². The fraction of sp³-hybridized carbons (Fsp3) is 0.450. The highest BCUT2D eigenvalue weighted by Gasteiger charge is 2.22. The fourth-order valence-electron chi connectivity index (χ4n) is 2.70. The van der Waals surface area contributed by atoms with Crippen LogP contribution in [0.4, 0.5) is 0 Å². The van der Waals surface area contributed by atoms with E-state index in [0.717, 1.165) is 11.5 Å². The minimum atomic E-state index is -3.37. The number of nitrogens with zero attached hydrogens (tertiary/aromatic N) is 1. The Morgan fingerprint density at radius 3 is 2.32 bits per heavy atom. The highest BCUT2D eigenvalue weighted by molar-refractivity contribution is 14.0. The first-order valence-electron chi connectivity index (χ1n) is 9.27. The van der Waals surface area contributed by atoms with Gasteiger partial charge in [-0.15, -0.1) is 24.0 Å². The molecule has 0 bridgehead atoms. The summed E-state index contributed by atoms with van der Waals surface area (Å²) in [6.45, 7) is 8.36. The minimum absolute atomic E-state index is 0. The number of halogens is 1. The highest BCUT2D eigenvalue weighted by atomic mass is 127. The van der Waals surface area contributed by atoms with E-state index in [9.17, 15) is 8.42 Å². The van der Waals surface area contributed by atoms with Crippen molar-refractivity contribution in [1.29, 1.82) is 0 Å². The van der Waals surface area contributed by atoms with Gasteiger partial charge in [0.1, 0.15) is 11.5 Å². The Hall–Kier alpha value is -1.55. The van der Waals surface area contributed by atoms with Crippen LogP contribution in [0.1, 0.15) is 44.8 Å². The Morgan fingerprint density at radius 2 is 1.79 bits per heavy atom. The molecule has 1 heterocycles. The van der Waals surface area contributed by atoms with Crippen LogP contribution < -0.4 is 10.6 Å². The summed E-state index contributed by atoms with van der Waals surface area (Å²) >= 11 is 0. The highest BCUT2D eigenvalue weighted by Crippen LogP contribution is 2.16. The normalized spacial score (nSPS) is 14.1. The van der Waals surface area contributed by atoms with Gasteiger partial charge in [0.05, 0.1) is 16.7 Å². The second-order valence-electron chi connectivity index (χ2n) is 6.48. The van der Waals surface area contributed by atoms with Crippen LogP contribution in [0.15, 0.2) is 56.8 Å². The Labute approximate surface area is 185 Å². The zero-order valence-electron chi connectivity index (χ0n) is 16.8. The van der Waals surface area contributed by atoms with Crippen molar-refractivity contribution in [1.82, 2.24) is 10.6 Å². The number of rotatable bonds is 8. The lowest BCUT2D eigenvalue weighted by molar-refractivity contribution is 0.439. The Morgan fingerprint density at radius 1 is 1.11 bits per heavy atom. The van der Waals surface area contributed by atoms with Gasteiger partial charge in [-0.3, -0.25) is 4.99 Å². The molecule has 8 heteroatoms. The van der Waals surface area contributed by atoms with Crippen molar-refractivity contribution in [2.45, 2.75) is 51.1 Å². The number of sulfone groups is 1. The standard InChI is InChI=1S/C20H29N3O3S.HI/c1-5-17(14-27(24,25)18-10-8-7-9-11-18)23-20(21-6-2)22-16(4)19-13-12-15(3)26-19;/h7-13,16-17H,5-6,14H2,1-4H3,(H2,21,22,23);1H. The molecule has 2 atom stereocenters. The number of furan rings is 1. The quantitative estimate of drug-likeness (QED) is 0.312. The van der Waals surface area contributed by atoms with Crippen molar-refractivity contribution in [3.63, 3.8) is 0 Å². The number of hydrogen-bond donors (Lipinski definition) is 2. The number of guanidine groups is 1. The first-order chi connectivity index (χ1) is 12.9. The van der Waals surface area contributed by atoms with Gasteiger partial charge >= 0.3 is 0 Å². The molecule has 0 saturated carbocycles. The lowest BCUT2D eigenvalue weighted by Crippen LogP contribution is -2.46. The molecule has 0 saturated heterocycles. The molecule has 0 amide bonds. The van der Waals surface area contributed by atoms with Crippen LogP contribution in [-0.4, -0.2) is 32.7 Å². The summed E-state index contributed by atoms with van der Waals surface area (Å²) in [6, 6.07) is 12.0. The van der Waals surface area contributed by atoms with Crippen molar-refractivity contribution in [2.24, 2.45) is 4.99 Å². The average molecular weight is 519 g/mol. The zero-order valence-corrected chi connectivity index (χ0v) is 20.0. The second-order valence-corrected chi connectivity index (χ2v) is 8.52. The maximum atomic E-state index is 12.7. The van der Waals surface area contributed by atoms with E-state index >= 15 is 0 Å². The number of aryl methyl sites for hydroxylation is 1. The van der Waals surface area contributed by atoms with Gasteiger partial charge in [0.15, 0.2) is 15.8 Å². The van der Waals surface area contributed by atoms with Crippen molar-refractivity contribution >= 4 is 39.8 Å². The first kappa shape index (κ1) is 24.5. The summed E-state index contributed by atoms with van der Waals surface area (Å²) in [7, 11) is -3.37. The molecule has 28 heavy (non-hydrogen) atoms. The van der Waals surface area contributed by atoms with Gasteiger partial charge in [0.2, 0.25) is 0 Å². The molecule has 1 aromatic carbocycles. The van der Waals surface area contributed by atoms with Crippen LogP contribution in [0.5, 0.6) is 0 Å². The second kappa shape index (κ2) is 11.5. The molecule has 2 rings (SSSR count). The van der Waals surface area contributed by atoms with Crippen LogP contribution in [0.3, 0.4) is 0 Å². The van der Waals surface area contributed by atoms with E-state index in [2.05, 4.69) is 15.6 Å². The molecule has 2 N–H and O–H groups in total. The smallest absolute Gasteiger partial charge is 0.192 e. The third-order valence-electron chi connectivity index (χ3n) is 4.21. The molecule has 156 valence electrons. The summed E-state index contributed by atoms with van der Waals surface area (Å²) in [5, 5.41) is 6.54. The van der Waals surface area contributed by atoms with Gasteiger partial charge in [0, 0.05) is 12.6 Å². The summed E-state index contributed by atoms with van der Waals surface area (Å²) in [5.41, 5.74) is 0. The predicted octanol–water partition coefficient (Wildman–Crippen LogP) is 4.07. The van der Waals surface area contributed by atoms with Crippen molar-refractivity contribution in [2.75, 3.05) is 12.3 Å². The van der Waals surface area contributed by atoms with Gasteiger partial charge in [0.25, 0.3) is 0 Å². The Bertz CT molecular complexity index is 851. The van der Waals surface area contributed by atoms with Crippen LogP contribution in [-0.2, 0) is 9.84 Å². The molecular formula is C20H30IN3O3S. The summed E-state index contributed by atoms with van der Waals surface area (Å²) < 4.78 is 31.0. The summed E-state index contributed by atoms with van der Waals surface area (Å²) in [5.74, 6) is 2.24. The SMILES string of the molecule is CCN=C(NC(CC)CS(=O)(=O)c1ccccc1)NC(C)c1ccc(C)o1.I. The predicted molar refractivity (Wildman–Crippen MR) is 124 cm³/mol. The topological polar surface area (TPSA) is 83.7 Å². The molecule has 6 nitrogen and oxygen atoms in total. The van der Waals surface area contributed by atoms with Gasteiger partial charge in [-0.05, 0) is 51.5 Å². The molecule has 0 aliphatic carbocycles.